The van der Waals surface area contributed by atoms with Gasteiger partial charge in [0.15, 0.2) is 5.78 Å². The first-order chi connectivity index (χ1) is 25.7. The van der Waals surface area contributed by atoms with Crippen molar-refractivity contribution in [1.82, 2.24) is 26.6 Å². The Bertz CT molecular complexity index is 1570. The van der Waals surface area contributed by atoms with E-state index in [1.165, 1.54) is 6.92 Å². The second-order valence-electron chi connectivity index (χ2n) is 12.7. The maximum atomic E-state index is 14.0. The summed E-state index contributed by atoms with van der Waals surface area (Å²) in [4.78, 5) is 76.5. The number of rotatable bonds is 26. The Morgan fingerprint density at radius 2 is 1.46 bits per heavy atom. The van der Waals surface area contributed by atoms with Crippen LogP contribution in [0.3, 0.4) is 0 Å². The fourth-order valence-electron chi connectivity index (χ4n) is 5.11. The predicted octanol–water partition coefficient (Wildman–Crippen LogP) is 0.241. The van der Waals surface area contributed by atoms with Crippen molar-refractivity contribution in [1.29, 1.82) is 5.41 Å². The molecule has 0 aliphatic heterocycles. The molecular weight excluding hydrogens is 731 g/mol. The number of hydrogen-bond donors (Lipinski definition) is 7. The van der Waals surface area contributed by atoms with Crippen LogP contribution in [0.5, 0.6) is 0 Å². The highest BCUT2D eigenvalue weighted by atomic mass is 32.1. The van der Waals surface area contributed by atoms with Crippen molar-refractivity contribution in [2.75, 3.05) is 46.1 Å². The number of carbonyl (C=O) groups excluding carboxylic acids is 6. The molecule has 0 unspecified atom stereocenters. The maximum Gasteiger partial charge on any atom is 0.512 e. The first kappa shape index (κ1) is 45.7. The van der Waals surface area contributed by atoms with Gasteiger partial charge in [-0.1, -0.05) is 74.5 Å². The molecule has 2 aromatic carbocycles. The molecule has 0 spiro atoms. The zero-order valence-corrected chi connectivity index (χ0v) is 32.9. The zero-order valence-electron chi connectivity index (χ0n) is 31.0. The molecule has 5 amide bonds. The highest BCUT2D eigenvalue weighted by Gasteiger charge is 2.46. The molecule has 15 nitrogen and oxygen atoms in total. The van der Waals surface area contributed by atoms with Crippen LogP contribution in [0.25, 0.3) is 0 Å². The first-order valence-electron chi connectivity index (χ1n) is 17.7. The van der Waals surface area contributed by atoms with E-state index in [4.69, 9.17) is 14.9 Å². The van der Waals surface area contributed by atoms with Crippen LogP contribution in [0.1, 0.15) is 44.7 Å². The molecule has 0 heterocycles. The van der Waals surface area contributed by atoms with Crippen LogP contribution in [0, 0.1) is 5.41 Å². The average molecular weight is 783 g/mol. The fourth-order valence-corrected chi connectivity index (χ4v) is 6.09. The van der Waals surface area contributed by atoms with Gasteiger partial charge in [0.25, 0.3) is 5.91 Å². The van der Waals surface area contributed by atoms with E-state index in [1.54, 1.807) is 60.7 Å². The van der Waals surface area contributed by atoms with Gasteiger partial charge in [-0.15, -0.1) is 12.6 Å². The lowest BCUT2D eigenvalue weighted by Crippen LogP contribution is -2.59. The molecule has 0 bridgehead atoms. The number of carbonyl (C=O) groups is 6. The summed E-state index contributed by atoms with van der Waals surface area (Å²) in [5.74, 6) is -3.93. The largest absolute Gasteiger partial charge is 0.512 e. The van der Waals surface area contributed by atoms with E-state index in [0.29, 0.717) is 43.2 Å². The van der Waals surface area contributed by atoms with Gasteiger partial charge in [0.05, 0.1) is 39.2 Å². The summed E-state index contributed by atoms with van der Waals surface area (Å²) in [6, 6.07) is 15.4. The van der Waals surface area contributed by atoms with Crippen LogP contribution in [0.15, 0.2) is 60.7 Å². The van der Waals surface area contributed by atoms with Gasteiger partial charge in [-0.2, -0.15) is 0 Å². The van der Waals surface area contributed by atoms with Crippen LogP contribution in [0.2, 0.25) is 0 Å². The minimum atomic E-state index is -1.82. The Hall–Kier alpha value is -4.42. The predicted molar refractivity (Wildman–Crippen MR) is 206 cm³/mol. The molecule has 0 aliphatic carbocycles. The fraction of sp³-hybridized carbons (Fsp3) is 0.486. The van der Waals surface area contributed by atoms with Crippen LogP contribution < -0.4 is 26.6 Å². The number of benzene rings is 2. The first-order valence-corrected chi connectivity index (χ1v) is 18.6. The van der Waals surface area contributed by atoms with E-state index in [9.17, 15) is 28.8 Å². The lowest BCUT2D eigenvalue weighted by Gasteiger charge is -2.27. The van der Waals surface area contributed by atoms with Gasteiger partial charge in [0, 0.05) is 51.7 Å². The third-order valence-corrected chi connectivity index (χ3v) is 8.75. The van der Waals surface area contributed by atoms with Crippen molar-refractivity contribution in [3.05, 3.63) is 71.8 Å². The molecule has 6 N–H and O–H groups in total. The van der Waals surface area contributed by atoms with Gasteiger partial charge in [0.2, 0.25) is 28.6 Å². The van der Waals surface area contributed by atoms with E-state index in [-0.39, 0.29) is 45.4 Å². The molecule has 17 heteroatoms. The van der Waals surface area contributed by atoms with E-state index in [2.05, 4.69) is 63.1 Å². The van der Waals surface area contributed by atoms with Crippen molar-refractivity contribution in [2.45, 2.75) is 69.5 Å². The summed E-state index contributed by atoms with van der Waals surface area (Å²) < 4.78 is 11.8. The van der Waals surface area contributed by atoms with E-state index in [1.807, 2.05) is 0 Å². The molecule has 292 valence electrons. The number of amides is 5. The lowest BCUT2D eigenvalue weighted by atomic mass is 10.0. The number of hydrogen-bond acceptors (Lipinski definition) is 11. The van der Waals surface area contributed by atoms with Gasteiger partial charge >= 0.3 is 15.9 Å². The number of ether oxygens (including phenoxy) is 2. The zero-order chi connectivity index (χ0) is 39.9. The summed E-state index contributed by atoms with van der Waals surface area (Å²) in [7, 11) is 3.27. The van der Waals surface area contributed by atoms with Gasteiger partial charge in [-0.3, -0.25) is 24.0 Å². The number of nitrogens with zero attached hydrogens (tertiary/aromatic N) is 1. The Labute approximate surface area is 325 Å². The number of thiol groups is 1. The molecule has 0 fully saturated rings. The number of nitrogens with one attached hydrogen (secondary N) is 6. The summed E-state index contributed by atoms with van der Waals surface area (Å²) in [5, 5.41) is 21.0. The van der Waals surface area contributed by atoms with Crippen LogP contribution in [-0.2, 0) is 51.1 Å². The molecule has 0 saturated heterocycles. The molecule has 2 aromatic rings. The van der Waals surface area contributed by atoms with Gasteiger partial charge in [-0.25, -0.2) is 9.01 Å². The second kappa shape index (κ2) is 24.8. The van der Waals surface area contributed by atoms with Crippen molar-refractivity contribution in [3.63, 3.8) is 0 Å². The van der Waals surface area contributed by atoms with Gasteiger partial charge < -0.3 is 41.5 Å². The molecule has 2 rings (SSSR count). The smallest absolute Gasteiger partial charge is 0.378 e. The standard InChI is InChI=1S/C37H52N7O8SSi/c1-26(2)39-16-18-51-20-21-52-19-17-40-33(47)25-41-34(48)31(22-28-10-6-4-7-11-28)42-35(49)32(15-14-30(46)24-38)44(54)36(50)37(53,43-27(3)45)23-29-12-8-5-9-13-29/h4-13,24,26,31-32,38-39,53H,14-23,25H2,1-3H3,(H,40,47)(H,41,48)(H,42,49)(H,43,45)/q+1/t31-,32-,37-/m0/s1. The summed E-state index contributed by atoms with van der Waals surface area (Å²) in [5.41, 5.74) is 1.37. The summed E-state index contributed by atoms with van der Waals surface area (Å²) in [6.45, 7) is 7.46. The lowest BCUT2D eigenvalue weighted by molar-refractivity contribution is -0.463. The Morgan fingerprint density at radius 1 is 0.870 bits per heavy atom. The highest BCUT2D eigenvalue weighted by Crippen LogP contribution is 2.22. The molecule has 2 radical (unpaired) electrons. The highest BCUT2D eigenvalue weighted by molar-refractivity contribution is 7.82. The Kier molecular flexibility index (Phi) is 21.0. The SMILES string of the molecule is CC(=O)N[C@](S)(Cc1ccccc1)C(=O)[N+](=[Si])[C@@H](CCC(=O)C=N)C(=O)N[C@@H](Cc1ccccc1)C(=O)NCC(=O)NCCOCCOCCNC(C)C. The minimum Gasteiger partial charge on any atom is -0.378 e. The molecule has 54 heavy (non-hydrogen) atoms. The molecule has 0 aliphatic rings. The second-order valence-corrected chi connectivity index (χ2v) is 13.9. The number of Topliss-reactive ketones (excluding diaryl/α,β-unsaturated/α-hetero) is 1. The number of ketones is 1. The van der Waals surface area contributed by atoms with Crippen LogP contribution in [0.4, 0.5) is 0 Å². The van der Waals surface area contributed by atoms with Gasteiger partial charge in [0.1, 0.15) is 6.04 Å². The molecule has 0 saturated carbocycles. The third kappa shape index (κ3) is 17.6. The Balaban J connectivity index is 2.13. The topological polar surface area (TPSA) is 208 Å². The average Bonchev–Trinajstić information content (AvgIpc) is 3.14. The normalized spacial score (nSPS) is 13.1. The van der Waals surface area contributed by atoms with Crippen molar-refractivity contribution in [2.24, 2.45) is 0 Å². The van der Waals surface area contributed by atoms with E-state index in [0.717, 1.165) is 10.8 Å². The minimum absolute atomic E-state index is 0.0295. The summed E-state index contributed by atoms with van der Waals surface area (Å²) in [6.07, 6.45) is 0.0616. The molecule has 3 atom stereocenters. The van der Waals surface area contributed by atoms with Crippen LogP contribution >= 0.6 is 12.6 Å². The van der Waals surface area contributed by atoms with E-state index >= 15 is 0 Å². The van der Waals surface area contributed by atoms with E-state index < -0.39 is 52.3 Å². The maximum absolute atomic E-state index is 14.0. The van der Waals surface area contributed by atoms with Crippen molar-refractivity contribution in [3.8, 4) is 0 Å². The third-order valence-electron chi connectivity index (χ3n) is 7.78. The van der Waals surface area contributed by atoms with Crippen LogP contribution in [-0.4, -0.2) is 125 Å². The molecule has 0 aromatic heterocycles. The quantitative estimate of drug-likeness (QED) is 0.0229. The monoisotopic (exact) mass is 782 g/mol. The summed E-state index contributed by atoms with van der Waals surface area (Å²) >= 11 is 4.56. The molecular formula is C37H52N7O8SSi+. The van der Waals surface area contributed by atoms with Gasteiger partial charge in [-0.05, 0) is 11.1 Å². The van der Waals surface area contributed by atoms with Crippen molar-refractivity contribution < 1.29 is 42.5 Å². The Morgan fingerprint density at radius 3 is 2.04 bits per heavy atom. The van der Waals surface area contributed by atoms with Crippen molar-refractivity contribution >= 4 is 64.2 Å².